The third-order valence-electron chi connectivity index (χ3n) is 2.62. The molecule has 104 valence electrons. The molecule has 0 aromatic heterocycles. The highest BCUT2D eigenvalue weighted by molar-refractivity contribution is 6.33. The SMILES string of the molecule is C[C@H](O)CCN(C)C(=O)c1ccc([N+](=O)[O-])c(Cl)c1. The molecule has 1 rings (SSSR count). The van der Waals surface area contributed by atoms with Crippen molar-refractivity contribution >= 4 is 23.2 Å². The number of rotatable bonds is 5. The second kappa shape index (κ2) is 6.49. The summed E-state index contributed by atoms with van der Waals surface area (Å²) in [5, 5.41) is 19.7. The van der Waals surface area contributed by atoms with E-state index in [0.717, 1.165) is 0 Å². The number of nitro groups is 1. The summed E-state index contributed by atoms with van der Waals surface area (Å²) in [7, 11) is 1.60. The second-order valence-electron chi connectivity index (χ2n) is 4.29. The van der Waals surface area contributed by atoms with Gasteiger partial charge in [-0.05, 0) is 25.5 Å². The van der Waals surface area contributed by atoms with Crippen molar-refractivity contribution < 1.29 is 14.8 Å². The van der Waals surface area contributed by atoms with Crippen LogP contribution in [0.25, 0.3) is 0 Å². The molecule has 0 fully saturated rings. The van der Waals surface area contributed by atoms with Gasteiger partial charge in [-0.1, -0.05) is 11.6 Å². The van der Waals surface area contributed by atoms with Crippen LogP contribution in [0, 0.1) is 10.1 Å². The highest BCUT2D eigenvalue weighted by Crippen LogP contribution is 2.25. The maximum absolute atomic E-state index is 12.0. The molecule has 1 aromatic rings. The molecule has 7 heteroatoms. The summed E-state index contributed by atoms with van der Waals surface area (Å²) in [5.74, 6) is -0.294. The van der Waals surface area contributed by atoms with Crippen LogP contribution in [-0.4, -0.2) is 40.5 Å². The van der Waals surface area contributed by atoms with E-state index >= 15 is 0 Å². The van der Waals surface area contributed by atoms with E-state index in [9.17, 15) is 14.9 Å². The lowest BCUT2D eigenvalue weighted by atomic mass is 10.1. The van der Waals surface area contributed by atoms with Crippen LogP contribution >= 0.6 is 11.6 Å². The van der Waals surface area contributed by atoms with E-state index in [-0.39, 0.29) is 22.2 Å². The molecule has 0 aliphatic rings. The first-order chi connectivity index (χ1) is 8.82. The Hall–Kier alpha value is -1.66. The van der Waals surface area contributed by atoms with E-state index in [1.807, 2.05) is 0 Å². The Kier molecular flexibility index (Phi) is 5.26. The zero-order valence-corrected chi connectivity index (χ0v) is 11.4. The van der Waals surface area contributed by atoms with Crippen LogP contribution < -0.4 is 0 Å². The van der Waals surface area contributed by atoms with Gasteiger partial charge in [-0.15, -0.1) is 0 Å². The van der Waals surface area contributed by atoms with Gasteiger partial charge in [0.15, 0.2) is 0 Å². The zero-order chi connectivity index (χ0) is 14.6. The lowest BCUT2D eigenvalue weighted by molar-refractivity contribution is -0.384. The molecule has 6 nitrogen and oxygen atoms in total. The van der Waals surface area contributed by atoms with Crippen LogP contribution in [0.3, 0.4) is 0 Å². The van der Waals surface area contributed by atoms with Crippen LogP contribution in [0.1, 0.15) is 23.7 Å². The van der Waals surface area contributed by atoms with Gasteiger partial charge in [0.1, 0.15) is 5.02 Å². The third-order valence-corrected chi connectivity index (χ3v) is 2.92. The molecule has 19 heavy (non-hydrogen) atoms. The van der Waals surface area contributed by atoms with Crippen molar-refractivity contribution in [2.45, 2.75) is 19.4 Å². The number of nitrogens with zero attached hydrogens (tertiary/aromatic N) is 2. The first kappa shape index (κ1) is 15.4. The molecule has 0 saturated carbocycles. The van der Waals surface area contributed by atoms with Gasteiger partial charge in [-0.2, -0.15) is 0 Å². The number of benzene rings is 1. The molecule has 0 unspecified atom stereocenters. The number of carbonyl (C=O) groups excluding carboxylic acids is 1. The van der Waals surface area contributed by atoms with Crippen LogP contribution in [-0.2, 0) is 0 Å². The average molecular weight is 287 g/mol. The fourth-order valence-corrected chi connectivity index (χ4v) is 1.74. The summed E-state index contributed by atoms with van der Waals surface area (Å²) in [6.45, 7) is 2.03. The standard InChI is InChI=1S/C12H15ClN2O4/c1-8(16)5-6-14(2)12(17)9-3-4-11(15(18)19)10(13)7-9/h3-4,7-8,16H,5-6H2,1-2H3/t8-/m0/s1. The van der Waals surface area contributed by atoms with Gasteiger partial charge < -0.3 is 10.0 Å². The van der Waals surface area contributed by atoms with Crippen LogP contribution in [0.4, 0.5) is 5.69 Å². The number of hydrogen-bond donors (Lipinski definition) is 1. The molecule has 1 N–H and O–H groups in total. The number of hydrogen-bond acceptors (Lipinski definition) is 4. The summed E-state index contributed by atoms with van der Waals surface area (Å²) in [6, 6.07) is 3.85. The van der Waals surface area contributed by atoms with Gasteiger partial charge in [0.25, 0.3) is 11.6 Å². The molecule has 0 aliphatic carbocycles. The second-order valence-corrected chi connectivity index (χ2v) is 4.69. The van der Waals surface area contributed by atoms with Gasteiger partial charge >= 0.3 is 0 Å². The van der Waals surface area contributed by atoms with Gasteiger partial charge in [0.05, 0.1) is 11.0 Å². The highest BCUT2D eigenvalue weighted by atomic mass is 35.5. The predicted molar refractivity (Wildman–Crippen MR) is 71.4 cm³/mol. The Morgan fingerprint density at radius 3 is 2.68 bits per heavy atom. The average Bonchev–Trinajstić information content (AvgIpc) is 2.34. The van der Waals surface area contributed by atoms with Crippen molar-refractivity contribution in [2.24, 2.45) is 0 Å². The number of aliphatic hydroxyl groups excluding tert-OH is 1. The molecule has 1 amide bonds. The Morgan fingerprint density at radius 2 is 2.21 bits per heavy atom. The fourth-order valence-electron chi connectivity index (χ4n) is 1.49. The summed E-state index contributed by atoms with van der Waals surface area (Å²) < 4.78 is 0. The lowest BCUT2D eigenvalue weighted by Gasteiger charge is -2.18. The summed E-state index contributed by atoms with van der Waals surface area (Å²) in [5.41, 5.74) is 0.0496. The van der Waals surface area contributed by atoms with E-state index in [2.05, 4.69) is 0 Å². The van der Waals surface area contributed by atoms with Crippen molar-refractivity contribution in [3.63, 3.8) is 0 Å². The Morgan fingerprint density at radius 1 is 1.58 bits per heavy atom. The maximum Gasteiger partial charge on any atom is 0.287 e. The van der Waals surface area contributed by atoms with Gasteiger partial charge in [0.2, 0.25) is 0 Å². The topological polar surface area (TPSA) is 83.7 Å². The van der Waals surface area contributed by atoms with Crippen molar-refractivity contribution in [1.82, 2.24) is 4.90 Å². The number of carbonyl (C=O) groups is 1. The van der Waals surface area contributed by atoms with Gasteiger partial charge in [-0.3, -0.25) is 14.9 Å². The maximum atomic E-state index is 12.0. The molecular formula is C12H15ClN2O4. The first-order valence-electron chi connectivity index (χ1n) is 5.70. The minimum atomic E-state index is -0.603. The third kappa shape index (κ3) is 4.18. The van der Waals surface area contributed by atoms with Crippen molar-refractivity contribution in [3.8, 4) is 0 Å². The lowest BCUT2D eigenvalue weighted by Crippen LogP contribution is -2.29. The predicted octanol–water partition coefficient (Wildman–Crippen LogP) is 2.09. The quantitative estimate of drug-likeness (QED) is 0.663. The molecule has 0 heterocycles. The van der Waals surface area contributed by atoms with Gasteiger partial charge in [-0.25, -0.2) is 0 Å². The largest absolute Gasteiger partial charge is 0.393 e. The zero-order valence-electron chi connectivity index (χ0n) is 10.7. The molecule has 1 atom stereocenters. The summed E-state index contributed by atoms with van der Waals surface area (Å²) in [6.07, 6.45) is -0.0288. The molecule has 0 spiro atoms. The number of halogens is 1. The van der Waals surface area contributed by atoms with E-state index < -0.39 is 11.0 Å². The van der Waals surface area contributed by atoms with Crippen LogP contribution in [0.15, 0.2) is 18.2 Å². The molecular weight excluding hydrogens is 272 g/mol. The van der Waals surface area contributed by atoms with Crippen molar-refractivity contribution in [3.05, 3.63) is 38.9 Å². The van der Waals surface area contributed by atoms with Crippen molar-refractivity contribution in [2.75, 3.05) is 13.6 Å². The van der Waals surface area contributed by atoms with E-state index in [0.29, 0.717) is 13.0 Å². The molecule has 0 saturated heterocycles. The molecule has 0 bridgehead atoms. The minimum absolute atomic E-state index is 0.0697. The monoisotopic (exact) mass is 286 g/mol. The van der Waals surface area contributed by atoms with Crippen LogP contribution in [0.5, 0.6) is 0 Å². The highest BCUT2D eigenvalue weighted by Gasteiger charge is 2.17. The smallest absolute Gasteiger partial charge is 0.287 e. The van der Waals surface area contributed by atoms with E-state index in [1.165, 1.54) is 23.1 Å². The van der Waals surface area contributed by atoms with E-state index in [4.69, 9.17) is 16.7 Å². The summed E-state index contributed by atoms with van der Waals surface area (Å²) >= 11 is 5.75. The van der Waals surface area contributed by atoms with Crippen LogP contribution in [0.2, 0.25) is 5.02 Å². The molecule has 1 aromatic carbocycles. The number of nitro benzene ring substituents is 1. The number of aliphatic hydroxyl groups is 1. The molecule has 0 radical (unpaired) electrons. The minimum Gasteiger partial charge on any atom is -0.393 e. The normalized spacial score (nSPS) is 12.0. The van der Waals surface area contributed by atoms with E-state index in [1.54, 1.807) is 14.0 Å². The Labute approximate surface area is 115 Å². The van der Waals surface area contributed by atoms with Crippen molar-refractivity contribution in [1.29, 1.82) is 0 Å². The summed E-state index contributed by atoms with van der Waals surface area (Å²) in [4.78, 5) is 23.4. The fraction of sp³-hybridized carbons (Fsp3) is 0.417. The van der Waals surface area contributed by atoms with Gasteiger partial charge in [0, 0.05) is 25.2 Å². The Bertz CT molecular complexity index is 491. The Balaban J connectivity index is 2.83. The first-order valence-corrected chi connectivity index (χ1v) is 6.08. The number of amides is 1. The molecule has 0 aliphatic heterocycles.